The molecule has 0 unspecified atom stereocenters. The first-order valence-electron chi connectivity index (χ1n) is 3.95. The maximum atomic E-state index is 5.51. The van der Waals surface area contributed by atoms with Crippen LogP contribution in [0.1, 0.15) is 11.3 Å². The van der Waals surface area contributed by atoms with Crippen LogP contribution in [0.2, 0.25) is 0 Å². The largest absolute Gasteiger partial charge is 0.326 e. The summed E-state index contributed by atoms with van der Waals surface area (Å²) in [5.74, 6) is 0. The van der Waals surface area contributed by atoms with Crippen molar-refractivity contribution in [1.29, 1.82) is 0 Å². The van der Waals surface area contributed by atoms with Gasteiger partial charge in [-0.2, -0.15) is 5.10 Å². The lowest BCUT2D eigenvalue weighted by Gasteiger charge is -1.94. The average molecular weight is 234 g/mol. The quantitative estimate of drug-likeness (QED) is 0.794. The highest BCUT2D eigenvalue weighted by Crippen LogP contribution is 2.15. The van der Waals surface area contributed by atoms with Gasteiger partial charge in [0.1, 0.15) is 0 Å². The molecule has 0 atom stereocenters. The Kier molecular flexibility index (Phi) is 4.91. The van der Waals surface area contributed by atoms with E-state index in [1.54, 1.807) is 0 Å². The summed E-state index contributed by atoms with van der Waals surface area (Å²) in [7, 11) is 0. The Morgan fingerprint density at radius 2 is 2.07 bits per heavy atom. The standard InChI is InChI=1S/C9H11N3.2ClH/c1-6-8-3-2-7(5-10)4-9(8)12-11-6;;/h2-4H,5,10H2,1H3,(H,11,12);2*1H. The van der Waals surface area contributed by atoms with Gasteiger partial charge in [0.2, 0.25) is 0 Å². The van der Waals surface area contributed by atoms with Gasteiger partial charge in [-0.15, -0.1) is 24.8 Å². The molecule has 1 heterocycles. The minimum Gasteiger partial charge on any atom is -0.326 e. The molecule has 0 spiro atoms. The molecule has 0 bridgehead atoms. The number of rotatable bonds is 1. The highest BCUT2D eigenvalue weighted by atomic mass is 35.5. The minimum atomic E-state index is 0. The number of aromatic nitrogens is 2. The van der Waals surface area contributed by atoms with Gasteiger partial charge in [-0.25, -0.2) is 0 Å². The van der Waals surface area contributed by atoms with Crippen LogP contribution >= 0.6 is 24.8 Å². The Morgan fingerprint density at radius 3 is 2.71 bits per heavy atom. The third kappa shape index (κ3) is 2.18. The predicted molar refractivity (Wildman–Crippen MR) is 63.2 cm³/mol. The van der Waals surface area contributed by atoms with Crippen LogP contribution in [0.4, 0.5) is 0 Å². The molecule has 2 aromatic rings. The average Bonchev–Trinajstić information content (AvgIpc) is 2.47. The zero-order valence-electron chi connectivity index (χ0n) is 7.78. The fourth-order valence-corrected chi connectivity index (χ4v) is 1.32. The van der Waals surface area contributed by atoms with E-state index in [9.17, 15) is 0 Å². The number of hydrogen-bond acceptors (Lipinski definition) is 2. The molecule has 78 valence electrons. The van der Waals surface area contributed by atoms with Crippen molar-refractivity contribution in [2.24, 2.45) is 5.73 Å². The third-order valence-electron chi connectivity index (χ3n) is 2.05. The zero-order chi connectivity index (χ0) is 8.55. The molecule has 0 saturated heterocycles. The van der Waals surface area contributed by atoms with Crippen molar-refractivity contribution in [3.63, 3.8) is 0 Å². The van der Waals surface area contributed by atoms with Crippen LogP contribution in [0.25, 0.3) is 10.9 Å². The highest BCUT2D eigenvalue weighted by Gasteiger charge is 2.00. The summed E-state index contributed by atoms with van der Waals surface area (Å²) >= 11 is 0. The van der Waals surface area contributed by atoms with Crippen LogP contribution in [0.5, 0.6) is 0 Å². The van der Waals surface area contributed by atoms with Crippen molar-refractivity contribution in [2.45, 2.75) is 13.5 Å². The summed E-state index contributed by atoms with van der Waals surface area (Å²) in [5.41, 5.74) is 8.73. The summed E-state index contributed by atoms with van der Waals surface area (Å²) in [4.78, 5) is 0. The van der Waals surface area contributed by atoms with Gasteiger partial charge in [-0.05, 0) is 18.6 Å². The maximum Gasteiger partial charge on any atom is 0.0926 e. The van der Waals surface area contributed by atoms with Crippen LogP contribution in [0.15, 0.2) is 18.2 Å². The van der Waals surface area contributed by atoms with Gasteiger partial charge >= 0.3 is 0 Å². The Balaban J connectivity index is 0.000000845. The SMILES string of the molecule is Cc1[nH]nc2cc(CN)ccc12.Cl.Cl. The number of hydrogen-bond donors (Lipinski definition) is 2. The molecule has 0 aliphatic carbocycles. The summed E-state index contributed by atoms with van der Waals surface area (Å²) < 4.78 is 0. The number of nitrogens with one attached hydrogen (secondary N) is 1. The number of nitrogens with zero attached hydrogens (tertiary/aromatic N) is 1. The van der Waals surface area contributed by atoms with Gasteiger partial charge in [-0.1, -0.05) is 12.1 Å². The van der Waals surface area contributed by atoms with Crippen molar-refractivity contribution in [2.75, 3.05) is 0 Å². The first kappa shape index (κ1) is 13.2. The van der Waals surface area contributed by atoms with Gasteiger partial charge in [-0.3, -0.25) is 5.10 Å². The molecule has 1 aromatic carbocycles. The first-order chi connectivity index (χ1) is 5.81. The second kappa shape index (κ2) is 5.20. The van der Waals surface area contributed by atoms with E-state index in [1.165, 1.54) is 5.39 Å². The van der Waals surface area contributed by atoms with Gasteiger partial charge in [0.25, 0.3) is 0 Å². The second-order valence-electron chi connectivity index (χ2n) is 2.90. The predicted octanol–water partition coefficient (Wildman–Crippen LogP) is 2.17. The van der Waals surface area contributed by atoms with Crippen molar-refractivity contribution in [3.05, 3.63) is 29.5 Å². The summed E-state index contributed by atoms with van der Waals surface area (Å²) in [6.07, 6.45) is 0. The second-order valence-corrected chi connectivity index (χ2v) is 2.90. The number of aryl methyl sites for hydroxylation is 1. The molecule has 3 nitrogen and oxygen atoms in total. The molecule has 5 heteroatoms. The van der Waals surface area contributed by atoms with Crippen molar-refractivity contribution < 1.29 is 0 Å². The van der Waals surface area contributed by atoms with Gasteiger partial charge in [0, 0.05) is 17.6 Å². The molecular formula is C9H13Cl2N3. The molecule has 2 rings (SSSR count). The molecule has 14 heavy (non-hydrogen) atoms. The van der Waals surface area contributed by atoms with Crippen LogP contribution < -0.4 is 5.73 Å². The topological polar surface area (TPSA) is 54.7 Å². The van der Waals surface area contributed by atoms with E-state index in [1.807, 2.05) is 19.1 Å². The normalized spacial score (nSPS) is 9.29. The van der Waals surface area contributed by atoms with Crippen LogP contribution in [0, 0.1) is 6.92 Å². The van der Waals surface area contributed by atoms with Crippen molar-refractivity contribution in [1.82, 2.24) is 10.2 Å². The van der Waals surface area contributed by atoms with Crippen molar-refractivity contribution in [3.8, 4) is 0 Å². The lowest BCUT2D eigenvalue weighted by molar-refractivity contribution is 1.06. The summed E-state index contributed by atoms with van der Waals surface area (Å²) in [5, 5.41) is 8.26. The molecule has 0 fully saturated rings. The van der Waals surface area contributed by atoms with Crippen molar-refractivity contribution >= 4 is 35.7 Å². The lowest BCUT2D eigenvalue weighted by atomic mass is 10.1. The van der Waals surface area contributed by atoms with E-state index in [-0.39, 0.29) is 24.8 Å². The molecule has 0 aliphatic heterocycles. The van der Waals surface area contributed by atoms with E-state index in [2.05, 4.69) is 16.3 Å². The third-order valence-corrected chi connectivity index (χ3v) is 2.05. The van der Waals surface area contributed by atoms with Gasteiger partial charge in [0.05, 0.1) is 5.52 Å². The van der Waals surface area contributed by atoms with E-state index >= 15 is 0 Å². The van der Waals surface area contributed by atoms with Crippen LogP contribution in [-0.4, -0.2) is 10.2 Å². The number of halogens is 2. The summed E-state index contributed by atoms with van der Waals surface area (Å²) in [6, 6.07) is 6.10. The number of nitrogens with two attached hydrogens (primary N) is 1. The molecule has 0 amide bonds. The van der Waals surface area contributed by atoms with E-state index in [4.69, 9.17) is 5.73 Å². The van der Waals surface area contributed by atoms with Crippen LogP contribution in [0.3, 0.4) is 0 Å². The number of fused-ring (bicyclic) bond motifs is 1. The summed E-state index contributed by atoms with van der Waals surface area (Å²) in [6.45, 7) is 2.58. The fraction of sp³-hybridized carbons (Fsp3) is 0.222. The van der Waals surface area contributed by atoms with Gasteiger partial charge < -0.3 is 5.73 Å². The lowest BCUT2D eigenvalue weighted by Crippen LogP contribution is -1.95. The molecule has 1 aromatic heterocycles. The smallest absolute Gasteiger partial charge is 0.0926 e. The van der Waals surface area contributed by atoms with Gasteiger partial charge in [0.15, 0.2) is 0 Å². The van der Waals surface area contributed by atoms with E-state index in [0.717, 1.165) is 16.8 Å². The Bertz CT molecular complexity index is 411. The monoisotopic (exact) mass is 233 g/mol. The Labute approximate surface area is 94.9 Å². The van der Waals surface area contributed by atoms with E-state index in [0.29, 0.717) is 6.54 Å². The number of benzene rings is 1. The maximum absolute atomic E-state index is 5.51. The Hall–Kier alpha value is -0.770. The minimum absolute atomic E-state index is 0. The molecular weight excluding hydrogens is 221 g/mol. The Morgan fingerprint density at radius 1 is 1.36 bits per heavy atom. The molecule has 0 saturated carbocycles. The number of H-pyrrole nitrogens is 1. The van der Waals surface area contributed by atoms with Crippen LogP contribution in [-0.2, 0) is 6.54 Å². The first-order valence-corrected chi connectivity index (χ1v) is 3.95. The highest BCUT2D eigenvalue weighted by molar-refractivity contribution is 5.85. The zero-order valence-corrected chi connectivity index (χ0v) is 9.41. The van der Waals surface area contributed by atoms with E-state index < -0.39 is 0 Å². The molecule has 0 radical (unpaired) electrons. The molecule has 3 N–H and O–H groups in total. The fourth-order valence-electron chi connectivity index (χ4n) is 1.32. The molecule has 0 aliphatic rings. The number of aromatic amines is 1.